The second-order valence-corrected chi connectivity index (χ2v) is 5.70. The number of likely N-dealkylation sites (N-methyl/N-ethyl adjacent to an activating group) is 1. The number of nitrogens with one attached hydrogen (secondary N) is 2. The van der Waals surface area contributed by atoms with Crippen LogP contribution in [-0.2, 0) is 17.6 Å². The van der Waals surface area contributed by atoms with Gasteiger partial charge in [0.25, 0.3) is 0 Å². The van der Waals surface area contributed by atoms with Crippen molar-refractivity contribution < 1.29 is 9.53 Å². The Bertz CT molecular complexity index is 670. The summed E-state index contributed by atoms with van der Waals surface area (Å²) in [4.78, 5) is 12.1. The second-order valence-electron chi connectivity index (χ2n) is 5.70. The van der Waals surface area contributed by atoms with Crippen LogP contribution in [0, 0.1) is 0 Å². The number of hydrogen-bond donors (Lipinski definition) is 2. The predicted molar refractivity (Wildman–Crippen MR) is 90.6 cm³/mol. The average molecular weight is 310 g/mol. The van der Waals surface area contributed by atoms with Crippen molar-refractivity contribution in [2.45, 2.75) is 18.9 Å². The highest BCUT2D eigenvalue weighted by Gasteiger charge is 2.18. The van der Waals surface area contributed by atoms with E-state index in [4.69, 9.17) is 4.74 Å². The Morgan fingerprint density at radius 3 is 2.83 bits per heavy atom. The number of amides is 1. The van der Waals surface area contributed by atoms with Gasteiger partial charge in [0.05, 0.1) is 6.61 Å². The molecule has 0 unspecified atom stereocenters. The zero-order chi connectivity index (χ0) is 16.1. The van der Waals surface area contributed by atoms with E-state index >= 15 is 0 Å². The van der Waals surface area contributed by atoms with Crippen LogP contribution in [0.1, 0.15) is 22.7 Å². The molecular formula is C19H22N2O2. The van der Waals surface area contributed by atoms with Crippen LogP contribution >= 0.6 is 0 Å². The topological polar surface area (TPSA) is 50.4 Å². The molecule has 0 aromatic heterocycles. The summed E-state index contributed by atoms with van der Waals surface area (Å²) in [6.07, 6.45) is 1.87. The molecule has 1 atom stereocenters. The van der Waals surface area contributed by atoms with Gasteiger partial charge in [0.15, 0.2) is 0 Å². The third-order valence-electron chi connectivity index (χ3n) is 4.16. The Morgan fingerprint density at radius 1 is 1.22 bits per heavy atom. The van der Waals surface area contributed by atoms with E-state index in [1.54, 1.807) is 7.05 Å². The van der Waals surface area contributed by atoms with Crippen LogP contribution in [0.5, 0.6) is 5.75 Å². The molecule has 23 heavy (non-hydrogen) atoms. The van der Waals surface area contributed by atoms with Gasteiger partial charge in [-0.05, 0) is 29.2 Å². The minimum absolute atomic E-state index is 0.0152. The van der Waals surface area contributed by atoms with Crippen molar-refractivity contribution in [1.82, 2.24) is 10.6 Å². The summed E-state index contributed by atoms with van der Waals surface area (Å²) in [5.41, 5.74) is 3.54. The Labute approximate surface area is 136 Å². The standard InChI is InChI=1S/C19H22N2O2/c1-20-19(22)18(15-5-3-2-4-6-15)21-11-9-14-7-8-17-16(13-14)10-12-23-17/h2-8,13,18,21H,9-12H2,1H3,(H,20,22)/t18-/m1/s1. The Hall–Kier alpha value is -2.33. The highest BCUT2D eigenvalue weighted by atomic mass is 16.5. The lowest BCUT2D eigenvalue weighted by molar-refractivity contribution is -0.122. The van der Waals surface area contributed by atoms with Crippen LogP contribution in [0.25, 0.3) is 0 Å². The van der Waals surface area contributed by atoms with Crippen LogP contribution in [0.2, 0.25) is 0 Å². The van der Waals surface area contributed by atoms with E-state index in [9.17, 15) is 4.79 Å². The number of carbonyl (C=O) groups is 1. The summed E-state index contributed by atoms with van der Waals surface area (Å²) in [6.45, 7) is 1.52. The summed E-state index contributed by atoms with van der Waals surface area (Å²) in [6, 6.07) is 15.8. The summed E-state index contributed by atoms with van der Waals surface area (Å²) in [5.74, 6) is 0.993. The molecule has 0 spiro atoms. The van der Waals surface area contributed by atoms with Crippen LogP contribution in [0.3, 0.4) is 0 Å². The third kappa shape index (κ3) is 3.71. The molecule has 2 N–H and O–H groups in total. The first-order valence-electron chi connectivity index (χ1n) is 8.02. The number of benzene rings is 2. The normalized spacial score (nSPS) is 14.0. The first kappa shape index (κ1) is 15.6. The Morgan fingerprint density at radius 2 is 2.04 bits per heavy atom. The zero-order valence-corrected chi connectivity index (χ0v) is 13.3. The molecule has 1 aliphatic heterocycles. The fourth-order valence-electron chi connectivity index (χ4n) is 2.91. The summed E-state index contributed by atoms with van der Waals surface area (Å²) in [5, 5.41) is 6.09. The molecule has 2 aromatic carbocycles. The van der Waals surface area contributed by atoms with Crippen molar-refractivity contribution in [2.75, 3.05) is 20.2 Å². The van der Waals surface area contributed by atoms with Gasteiger partial charge in [-0.25, -0.2) is 0 Å². The first-order chi connectivity index (χ1) is 11.3. The predicted octanol–water partition coefficient (Wildman–Crippen LogP) is 2.24. The van der Waals surface area contributed by atoms with Gasteiger partial charge in [0, 0.05) is 20.0 Å². The minimum Gasteiger partial charge on any atom is -0.493 e. The number of fused-ring (bicyclic) bond motifs is 1. The highest BCUT2D eigenvalue weighted by molar-refractivity contribution is 5.82. The van der Waals surface area contributed by atoms with Gasteiger partial charge < -0.3 is 15.4 Å². The summed E-state index contributed by atoms with van der Waals surface area (Å²) >= 11 is 0. The van der Waals surface area contributed by atoms with Gasteiger partial charge in [-0.15, -0.1) is 0 Å². The van der Waals surface area contributed by atoms with Gasteiger partial charge >= 0.3 is 0 Å². The largest absolute Gasteiger partial charge is 0.493 e. The van der Waals surface area contributed by atoms with Crippen molar-refractivity contribution in [3.8, 4) is 5.75 Å². The lowest BCUT2D eigenvalue weighted by atomic mass is 10.0. The van der Waals surface area contributed by atoms with Crippen molar-refractivity contribution in [3.63, 3.8) is 0 Å². The first-order valence-corrected chi connectivity index (χ1v) is 8.02. The number of carbonyl (C=O) groups excluding carboxylic acids is 1. The molecule has 2 aromatic rings. The van der Waals surface area contributed by atoms with Crippen molar-refractivity contribution in [3.05, 3.63) is 65.2 Å². The zero-order valence-electron chi connectivity index (χ0n) is 13.3. The third-order valence-corrected chi connectivity index (χ3v) is 4.16. The molecule has 0 fully saturated rings. The van der Waals surface area contributed by atoms with Crippen LogP contribution in [0.4, 0.5) is 0 Å². The fraction of sp³-hybridized carbons (Fsp3) is 0.316. The maximum absolute atomic E-state index is 12.1. The van der Waals surface area contributed by atoms with E-state index in [0.717, 1.165) is 37.3 Å². The number of ether oxygens (including phenoxy) is 1. The van der Waals surface area contributed by atoms with Crippen LogP contribution < -0.4 is 15.4 Å². The lowest BCUT2D eigenvalue weighted by Crippen LogP contribution is -2.36. The average Bonchev–Trinajstić information content (AvgIpc) is 3.06. The molecule has 4 nitrogen and oxygen atoms in total. The molecule has 3 rings (SSSR count). The van der Waals surface area contributed by atoms with E-state index in [0.29, 0.717) is 0 Å². The van der Waals surface area contributed by atoms with E-state index < -0.39 is 0 Å². The molecule has 0 radical (unpaired) electrons. The van der Waals surface area contributed by atoms with E-state index in [1.165, 1.54) is 11.1 Å². The quantitative estimate of drug-likeness (QED) is 0.860. The SMILES string of the molecule is CNC(=O)[C@H](NCCc1ccc2c(c1)CCO2)c1ccccc1. The molecule has 120 valence electrons. The maximum Gasteiger partial charge on any atom is 0.241 e. The molecule has 4 heteroatoms. The maximum atomic E-state index is 12.1. The molecule has 1 amide bonds. The van der Waals surface area contributed by atoms with Gasteiger partial charge in [0.2, 0.25) is 5.91 Å². The number of rotatable bonds is 6. The smallest absolute Gasteiger partial charge is 0.241 e. The van der Waals surface area contributed by atoms with Gasteiger partial charge in [0.1, 0.15) is 11.8 Å². The van der Waals surface area contributed by atoms with E-state index in [1.807, 2.05) is 36.4 Å². The Balaban J connectivity index is 1.62. The van der Waals surface area contributed by atoms with E-state index in [-0.39, 0.29) is 11.9 Å². The molecule has 0 aliphatic carbocycles. The molecule has 0 bridgehead atoms. The molecule has 1 aliphatic rings. The Kier molecular flexibility index (Phi) is 4.93. The highest BCUT2D eigenvalue weighted by Crippen LogP contribution is 2.26. The molecule has 0 saturated carbocycles. The van der Waals surface area contributed by atoms with Crippen LogP contribution in [0.15, 0.2) is 48.5 Å². The summed E-state index contributed by atoms with van der Waals surface area (Å²) < 4.78 is 5.53. The minimum atomic E-state index is -0.320. The number of hydrogen-bond acceptors (Lipinski definition) is 3. The van der Waals surface area contributed by atoms with Crippen molar-refractivity contribution in [1.29, 1.82) is 0 Å². The van der Waals surface area contributed by atoms with Gasteiger partial charge in [-0.1, -0.05) is 42.5 Å². The lowest BCUT2D eigenvalue weighted by Gasteiger charge is -2.17. The second kappa shape index (κ2) is 7.29. The molecule has 1 heterocycles. The van der Waals surface area contributed by atoms with Crippen molar-refractivity contribution in [2.24, 2.45) is 0 Å². The van der Waals surface area contributed by atoms with E-state index in [2.05, 4.69) is 22.8 Å². The van der Waals surface area contributed by atoms with Gasteiger partial charge in [-0.2, -0.15) is 0 Å². The molecule has 0 saturated heterocycles. The monoisotopic (exact) mass is 310 g/mol. The van der Waals surface area contributed by atoms with Crippen LogP contribution in [-0.4, -0.2) is 26.1 Å². The van der Waals surface area contributed by atoms with Gasteiger partial charge in [-0.3, -0.25) is 4.79 Å². The summed E-state index contributed by atoms with van der Waals surface area (Å²) in [7, 11) is 1.67. The van der Waals surface area contributed by atoms with Crippen molar-refractivity contribution >= 4 is 5.91 Å². The fourth-order valence-corrected chi connectivity index (χ4v) is 2.91. The molecular weight excluding hydrogens is 288 g/mol.